The Balaban J connectivity index is 2.80. The Morgan fingerprint density at radius 2 is 2.00 bits per heavy atom. The first kappa shape index (κ1) is 11.3. The van der Waals surface area contributed by atoms with Gasteiger partial charge in [0.25, 0.3) is 0 Å². The molecule has 2 nitrogen and oxygen atoms in total. The van der Waals surface area contributed by atoms with Gasteiger partial charge in [0.2, 0.25) is 0 Å². The zero-order chi connectivity index (χ0) is 8.53. The van der Waals surface area contributed by atoms with E-state index in [1.54, 1.807) is 0 Å². The van der Waals surface area contributed by atoms with Gasteiger partial charge in [-0.3, -0.25) is 0 Å². The zero-order valence-electron chi connectivity index (χ0n) is 7.89. The minimum atomic E-state index is 1.11. The summed E-state index contributed by atoms with van der Waals surface area (Å²) in [5.74, 6) is 1.27. The fourth-order valence-corrected chi connectivity index (χ4v) is 1.20. The Labute approximate surface area is 74.7 Å². The lowest BCUT2D eigenvalue weighted by Gasteiger charge is -2.09. The highest BCUT2D eigenvalue weighted by Gasteiger charge is 1.89. The van der Waals surface area contributed by atoms with Crippen LogP contribution in [0.4, 0.5) is 0 Å². The molecule has 0 aromatic rings. The van der Waals surface area contributed by atoms with Crippen molar-refractivity contribution >= 4 is 11.8 Å². The van der Waals surface area contributed by atoms with E-state index in [-0.39, 0.29) is 0 Å². The van der Waals surface area contributed by atoms with Gasteiger partial charge < -0.3 is 10.2 Å². The molecule has 0 aromatic heterocycles. The predicted octanol–water partition coefficient (Wildman–Crippen LogP) is 0.891. The lowest BCUT2D eigenvalue weighted by molar-refractivity contribution is 0.400. The van der Waals surface area contributed by atoms with Crippen molar-refractivity contribution in [3.8, 4) is 0 Å². The fraction of sp³-hybridized carbons (Fsp3) is 1.00. The first-order chi connectivity index (χ1) is 5.27. The molecule has 0 aliphatic rings. The second kappa shape index (κ2) is 8.37. The molecule has 0 radical (unpaired) electrons. The van der Waals surface area contributed by atoms with E-state index in [9.17, 15) is 0 Å². The van der Waals surface area contributed by atoms with Crippen LogP contribution in [0.1, 0.15) is 6.42 Å². The van der Waals surface area contributed by atoms with Gasteiger partial charge in [0, 0.05) is 13.1 Å². The zero-order valence-corrected chi connectivity index (χ0v) is 8.71. The summed E-state index contributed by atoms with van der Waals surface area (Å²) in [5.41, 5.74) is 0. The minimum absolute atomic E-state index is 1.11. The summed E-state index contributed by atoms with van der Waals surface area (Å²) < 4.78 is 0. The van der Waals surface area contributed by atoms with Crippen LogP contribution in [0.15, 0.2) is 0 Å². The molecule has 1 N–H and O–H groups in total. The third kappa shape index (κ3) is 10.3. The summed E-state index contributed by atoms with van der Waals surface area (Å²) in [7, 11) is 4.20. The molecule has 11 heavy (non-hydrogen) atoms. The minimum Gasteiger partial charge on any atom is -0.315 e. The van der Waals surface area contributed by atoms with Gasteiger partial charge >= 0.3 is 0 Å². The molecule has 0 unspecified atom stereocenters. The molecule has 0 aromatic carbocycles. The van der Waals surface area contributed by atoms with Gasteiger partial charge in [-0.2, -0.15) is 11.8 Å². The number of nitrogens with zero attached hydrogens (tertiary/aromatic N) is 1. The van der Waals surface area contributed by atoms with Crippen LogP contribution in [0.3, 0.4) is 0 Å². The fourth-order valence-electron chi connectivity index (χ4n) is 0.769. The number of likely N-dealkylation sites (N-methyl/N-ethyl adjacent to an activating group) is 1. The molecule has 0 aliphatic heterocycles. The van der Waals surface area contributed by atoms with E-state index < -0.39 is 0 Å². The molecular formula is C8H20N2S. The van der Waals surface area contributed by atoms with Gasteiger partial charge in [-0.15, -0.1) is 0 Å². The van der Waals surface area contributed by atoms with Crippen LogP contribution in [-0.2, 0) is 0 Å². The van der Waals surface area contributed by atoms with E-state index in [2.05, 4.69) is 30.6 Å². The van der Waals surface area contributed by atoms with Crippen LogP contribution in [0, 0.1) is 0 Å². The summed E-state index contributed by atoms with van der Waals surface area (Å²) in [6.45, 7) is 3.41. The Morgan fingerprint density at radius 1 is 1.27 bits per heavy atom. The first-order valence-corrected chi connectivity index (χ1v) is 5.51. The van der Waals surface area contributed by atoms with E-state index in [0.29, 0.717) is 0 Å². The topological polar surface area (TPSA) is 15.3 Å². The molecule has 3 heteroatoms. The van der Waals surface area contributed by atoms with Gasteiger partial charge in [-0.25, -0.2) is 0 Å². The van der Waals surface area contributed by atoms with Crippen molar-refractivity contribution in [2.75, 3.05) is 45.7 Å². The molecule has 0 spiro atoms. The molecule has 0 saturated heterocycles. The van der Waals surface area contributed by atoms with Crippen molar-refractivity contribution in [3.05, 3.63) is 0 Å². The van der Waals surface area contributed by atoms with E-state index in [1.807, 2.05) is 11.8 Å². The van der Waals surface area contributed by atoms with Crippen LogP contribution in [0.2, 0.25) is 0 Å². The van der Waals surface area contributed by atoms with E-state index in [1.165, 1.54) is 12.2 Å². The third-order valence-electron chi connectivity index (χ3n) is 1.44. The Hall–Kier alpha value is 0.270. The van der Waals surface area contributed by atoms with E-state index in [4.69, 9.17) is 0 Å². The SMILES string of the molecule is CSCCCNCCN(C)C. The highest BCUT2D eigenvalue weighted by atomic mass is 32.2. The summed E-state index contributed by atoms with van der Waals surface area (Å²) >= 11 is 1.92. The van der Waals surface area contributed by atoms with E-state index >= 15 is 0 Å². The average Bonchev–Trinajstić information content (AvgIpc) is 1.96. The lowest BCUT2D eigenvalue weighted by atomic mass is 10.4. The van der Waals surface area contributed by atoms with E-state index in [0.717, 1.165) is 19.6 Å². The second-order valence-corrected chi connectivity index (χ2v) is 3.89. The van der Waals surface area contributed by atoms with Gasteiger partial charge in [0.1, 0.15) is 0 Å². The van der Waals surface area contributed by atoms with Crippen molar-refractivity contribution in [1.29, 1.82) is 0 Å². The molecule has 68 valence electrons. The van der Waals surface area contributed by atoms with Gasteiger partial charge in [-0.05, 0) is 39.1 Å². The number of rotatable bonds is 7. The monoisotopic (exact) mass is 176 g/mol. The summed E-state index contributed by atoms with van der Waals surface area (Å²) in [6.07, 6.45) is 3.44. The Kier molecular flexibility index (Phi) is 8.57. The maximum Gasteiger partial charge on any atom is 0.0101 e. The summed E-state index contributed by atoms with van der Waals surface area (Å²) in [5, 5.41) is 3.40. The molecule has 0 heterocycles. The van der Waals surface area contributed by atoms with Crippen molar-refractivity contribution in [3.63, 3.8) is 0 Å². The molecule has 0 amide bonds. The number of hydrogen-bond donors (Lipinski definition) is 1. The standard InChI is InChI=1S/C8H20N2S/c1-10(2)7-6-9-5-4-8-11-3/h9H,4-8H2,1-3H3. The Morgan fingerprint density at radius 3 is 2.55 bits per heavy atom. The van der Waals surface area contributed by atoms with Gasteiger partial charge in [-0.1, -0.05) is 0 Å². The van der Waals surface area contributed by atoms with Crippen LogP contribution in [0.25, 0.3) is 0 Å². The maximum absolute atomic E-state index is 3.40. The Bertz CT molecular complexity index is 76.5. The highest BCUT2D eigenvalue weighted by molar-refractivity contribution is 7.98. The number of thioether (sulfide) groups is 1. The van der Waals surface area contributed by atoms with Crippen molar-refractivity contribution in [2.24, 2.45) is 0 Å². The lowest BCUT2D eigenvalue weighted by Crippen LogP contribution is -2.27. The van der Waals surface area contributed by atoms with Crippen LogP contribution in [-0.4, -0.2) is 50.6 Å². The summed E-state index contributed by atoms with van der Waals surface area (Å²) in [6, 6.07) is 0. The quantitative estimate of drug-likeness (QED) is 0.580. The smallest absolute Gasteiger partial charge is 0.0101 e. The van der Waals surface area contributed by atoms with Gasteiger partial charge in [0.05, 0.1) is 0 Å². The molecule has 0 rings (SSSR count). The predicted molar refractivity (Wildman–Crippen MR) is 54.4 cm³/mol. The largest absolute Gasteiger partial charge is 0.315 e. The van der Waals surface area contributed by atoms with Crippen molar-refractivity contribution < 1.29 is 0 Å². The molecule has 0 atom stereocenters. The average molecular weight is 176 g/mol. The number of hydrogen-bond acceptors (Lipinski definition) is 3. The molecule has 0 fully saturated rings. The molecule has 0 bridgehead atoms. The molecular weight excluding hydrogens is 156 g/mol. The van der Waals surface area contributed by atoms with Crippen LogP contribution >= 0.6 is 11.8 Å². The summed E-state index contributed by atoms with van der Waals surface area (Å²) in [4.78, 5) is 2.20. The molecule has 0 aliphatic carbocycles. The van der Waals surface area contributed by atoms with Crippen molar-refractivity contribution in [2.45, 2.75) is 6.42 Å². The third-order valence-corrected chi connectivity index (χ3v) is 2.13. The highest BCUT2D eigenvalue weighted by Crippen LogP contribution is 1.92. The van der Waals surface area contributed by atoms with Gasteiger partial charge in [0.15, 0.2) is 0 Å². The van der Waals surface area contributed by atoms with Crippen LogP contribution in [0.5, 0.6) is 0 Å². The maximum atomic E-state index is 3.40. The number of nitrogens with one attached hydrogen (secondary N) is 1. The van der Waals surface area contributed by atoms with Crippen LogP contribution < -0.4 is 5.32 Å². The molecule has 0 saturated carbocycles. The normalized spacial score (nSPS) is 10.9. The second-order valence-electron chi connectivity index (χ2n) is 2.90. The van der Waals surface area contributed by atoms with Crippen molar-refractivity contribution in [1.82, 2.24) is 10.2 Å². The first-order valence-electron chi connectivity index (χ1n) is 4.11.